The van der Waals surface area contributed by atoms with Gasteiger partial charge in [-0.3, -0.25) is 0 Å². The minimum atomic E-state index is 0.223. The molecule has 0 amide bonds. The number of hydrogen-bond acceptors (Lipinski definition) is 3. The van der Waals surface area contributed by atoms with E-state index < -0.39 is 0 Å². The van der Waals surface area contributed by atoms with Gasteiger partial charge < -0.3 is 0 Å². The number of piperidine rings is 1. The van der Waals surface area contributed by atoms with E-state index in [1.807, 2.05) is 0 Å². The first-order valence-corrected chi connectivity index (χ1v) is 9.13. The van der Waals surface area contributed by atoms with E-state index in [0.29, 0.717) is 17.9 Å². The van der Waals surface area contributed by atoms with Crippen molar-refractivity contribution in [2.75, 3.05) is 0 Å². The van der Waals surface area contributed by atoms with Crippen LogP contribution in [0.3, 0.4) is 0 Å². The Balaban J connectivity index is 1.72. The molecule has 24 heavy (non-hydrogen) atoms. The molecule has 0 aromatic heterocycles. The molecule has 3 heteroatoms. The van der Waals surface area contributed by atoms with Crippen LogP contribution in [0.5, 0.6) is 0 Å². The Morgan fingerprint density at radius 3 is 2.12 bits per heavy atom. The number of nitrogens with two attached hydrogens (primary N) is 1. The highest BCUT2D eigenvalue weighted by molar-refractivity contribution is 5.26. The molecule has 2 fully saturated rings. The van der Waals surface area contributed by atoms with E-state index in [4.69, 9.17) is 10.8 Å². The van der Waals surface area contributed by atoms with Gasteiger partial charge in [-0.15, -0.1) is 0 Å². The second-order valence-corrected chi connectivity index (χ2v) is 7.16. The third kappa shape index (κ3) is 2.88. The molecule has 2 aromatic carbocycles. The monoisotopic (exact) mass is 322 g/mol. The molecule has 2 aromatic rings. The van der Waals surface area contributed by atoms with E-state index in [0.717, 1.165) is 6.42 Å². The van der Waals surface area contributed by atoms with Crippen LogP contribution in [0.2, 0.25) is 0 Å². The zero-order valence-corrected chi connectivity index (χ0v) is 14.1. The SMILES string of the molecule is NON1C(c2ccccc2)CC(c2ccccc2)C2CCCCC21. The minimum Gasteiger partial charge on any atom is -0.213 e. The van der Waals surface area contributed by atoms with Crippen LogP contribution >= 0.6 is 0 Å². The van der Waals surface area contributed by atoms with Crippen molar-refractivity contribution in [3.63, 3.8) is 0 Å². The molecule has 0 radical (unpaired) electrons. The van der Waals surface area contributed by atoms with Gasteiger partial charge in [0, 0.05) is 6.04 Å². The summed E-state index contributed by atoms with van der Waals surface area (Å²) in [6.07, 6.45) is 6.09. The van der Waals surface area contributed by atoms with Crippen LogP contribution in [0.1, 0.15) is 55.2 Å². The van der Waals surface area contributed by atoms with Crippen molar-refractivity contribution < 1.29 is 4.94 Å². The van der Waals surface area contributed by atoms with Gasteiger partial charge in [0.05, 0.1) is 6.04 Å². The first-order valence-electron chi connectivity index (χ1n) is 9.13. The van der Waals surface area contributed by atoms with Crippen LogP contribution in [0.25, 0.3) is 0 Å². The number of benzene rings is 2. The second-order valence-electron chi connectivity index (χ2n) is 7.16. The first-order chi connectivity index (χ1) is 11.9. The van der Waals surface area contributed by atoms with E-state index in [1.165, 1.54) is 36.8 Å². The molecule has 1 heterocycles. The standard InChI is InChI=1S/C21H26N2O/c22-24-23-20-14-8-7-13-18(20)19(16-9-3-1-4-10-16)15-21(23)17-11-5-2-6-12-17/h1-6,9-12,18-21H,7-8,13-15,22H2. The van der Waals surface area contributed by atoms with E-state index in [9.17, 15) is 0 Å². The van der Waals surface area contributed by atoms with Crippen LogP contribution in [-0.4, -0.2) is 11.1 Å². The lowest BCUT2D eigenvalue weighted by molar-refractivity contribution is -0.253. The summed E-state index contributed by atoms with van der Waals surface area (Å²) in [5.41, 5.74) is 2.76. The van der Waals surface area contributed by atoms with Gasteiger partial charge in [0.1, 0.15) is 0 Å². The van der Waals surface area contributed by atoms with Gasteiger partial charge in [0.15, 0.2) is 0 Å². The van der Waals surface area contributed by atoms with Gasteiger partial charge in [-0.1, -0.05) is 73.5 Å². The molecule has 4 unspecified atom stereocenters. The van der Waals surface area contributed by atoms with Crippen LogP contribution in [0.15, 0.2) is 60.7 Å². The van der Waals surface area contributed by atoms with Gasteiger partial charge in [-0.25, -0.2) is 4.94 Å². The molecule has 3 nitrogen and oxygen atoms in total. The Kier molecular flexibility index (Phi) is 4.65. The molecule has 126 valence electrons. The predicted molar refractivity (Wildman–Crippen MR) is 95.8 cm³/mol. The third-order valence-corrected chi connectivity index (χ3v) is 5.94. The fourth-order valence-corrected chi connectivity index (χ4v) is 4.87. The smallest absolute Gasteiger partial charge is 0.0630 e. The third-order valence-electron chi connectivity index (χ3n) is 5.94. The van der Waals surface area contributed by atoms with Gasteiger partial charge >= 0.3 is 0 Å². The highest BCUT2D eigenvalue weighted by atomic mass is 16.8. The fourth-order valence-electron chi connectivity index (χ4n) is 4.87. The van der Waals surface area contributed by atoms with Gasteiger partial charge in [0.2, 0.25) is 0 Å². The van der Waals surface area contributed by atoms with Crippen LogP contribution < -0.4 is 5.90 Å². The summed E-state index contributed by atoms with van der Waals surface area (Å²) in [6, 6.07) is 22.3. The van der Waals surface area contributed by atoms with Gasteiger partial charge in [0.25, 0.3) is 0 Å². The maximum Gasteiger partial charge on any atom is 0.0630 e. The van der Waals surface area contributed by atoms with Crippen molar-refractivity contribution in [3.05, 3.63) is 71.8 Å². The highest BCUT2D eigenvalue weighted by Gasteiger charge is 2.45. The van der Waals surface area contributed by atoms with Crippen molar-refractivity contribution in [3.8, 4) is 0 Å². The lowest BCUT2D eigenvalue weighted by Crippen LogP contribution is -2.52. The van der Waals surface area contributed by atoms with E-state index in [2.05, 4.69) is 65.7 Å². The Morgan fingerprint density at radius 2 is 1.46 bits per heavy atom. The summed E-state index contributed by atoms with van der Waals surface area (Å²) in [5.74, 6) is 6.95. The summed E-state index contributed by atoms with van der Waals surface area (Å²) < 4.78 is 0. The maximum atomic E-state index is 5.75. The van der Waals surface area contributed by atoms with E-state index >= 15 is 0 Å². The van der Waals surface area contributed by atoms with Crippen molar-refractivity contribution in [2.45, 2.75) is 50.1 Å². The number of rotatable bonds is 3. The highest BCUT2D eigenvalue weighted by Crippen LogP contribution is 2.50. The molecule has 2 N–H and O–H groups in total. The molecule has 1 aliphatic carbocycles. The van der Waals surface area contributed by atoms with Crippen molar-refractivity contribution >= 4 is 0 Å². The second kappa shape index (κ2) is 7.06. The molecule has 2 aliphatic rings. The summed E-state index contributed by atoms with van der Waals surface area (Å²) >= 11 is 0. The minimum absolute atomic E-state index is 0.223. The molecule has 4 rings (SSSR count). The van der Waals surface area contributed by atoms with Crippen molar-refractivity contribution in [1.82, 2.24) is 5.06 Å². The average Bonchev–Trinajstić information content (AvgIpc) is 2.68. The predicted octanol–water partition coefficient (Wildman–Crippen LogP) is 4.58. The van der Waals surface area contributed by atoms with Crippen LogP contribution in [-0.2, 0) is 4.94 Å². The zero-order chi connectivity index (χ0) is 16.4. The summed E-state index contributed by atoms with van der Waals surface area (Å²) in [6.45, 7) is 0. The Bertz CT molecular complexity index is 598. The van der Waals surface area contributed by atoms with Crippen molar-refractivity contribution in [1.29, 1.82) is 0 Å². The van der Waals surface area contributed by atoms with E-state index in [-0.39, 0.29) is 6.04 Å². The van der Waals surface area contributed by atoms with Gasteiger partial charge in [-0.05, 0) is 42.2 Å². The lowest BCUT2D eigenvalue weighted by Gasteiger charge is -2.50. The largest absolute Gasteiger partial charge is 0.213 e. The molecule has 1 aliphatic heterocycles. The van der Waals surface area contributed by atoms with Gasteiger partial charge in [-0.2, -0.15) is 11.0 Å². The topological polar surface area (TPSA) is 38.5 Å². The average molecular weight is 322 g/mol. The summed E-state index contributed by atoms with van der Waals surface area (Å²) in [7, 11) is 0. The number of nitrogens with zero attached hydrogens (tertiary/aromatic N) is 1. The maximum absolute atomic E-state index is 5.75. The molecular formula is C21H26N2O. The zero-order valence-electron chi connectivity index (χ0n) is 14.1. The van der Waals surface area contributed by atoms with Crippen LogP contribution in [0.4, 0.5) is 0 Å². The fraction of sp³-hybridized carbons (Fsp3) is 0.429. The summed E-state index contributed by atoms with van der Waals surface area (Å²) in [4.78, 5) is 5.45. The molecule has 1 saturated carbocycles. The summed E-state index contributed by atoms with van der Waals surface area (Å²) in [5, 5.41) is 2.10. The number of fused-ring (bicyclic) bond motifs is 1. The first kappa shape index (κ1) is 15.8. The molecule has 0 bridgehead atoms. The molecular weight excluding hydrogens is 296 g/mol. The van der Waals surface area contributed by atoms with Crippen molar-refractivity contribution in [2.24, 2.45) is 11.8 Å². The lowest BCUT2D eigenvalue weighted by atomic mass is 9.67. The normalized spacial score (nSPS) is 30.7. The van der Waals surface area contributed by atoms with Crippen LogP contribution in [0, 0.1) is 5.92 Å². The Morgan fingerprint density at radius 1 is 0.833 bits per heavy atom. The number of hydrogen-bond donors (Lipinski definition) is 1. The Labute approximate surface area is 144 Å². The molecule has 4 atom stereocenters. The quantitative estimate of drug-likeness (QED) is 0.841. The number of hydroxylamine groups is 2. The Hall–Kier alpha value is -1.68. The molecule has 0 spiro atoms. The van der Waals surface area contributed by atoms with E-state index in [1.54, 1.807) is 0 Å². The molecule has 1 saturated heterocycles.